The fourth-order valence-corrected chi connectivity index (χ4v) is 3.17. The number of nitrogens with one attached hydrogen (secondary N) is 1. The van der Waals surface area contributed by atoms with Crippen LogP contribution in [0.4, 0.5) is 10.5 Å². The van der Waals surface area contributed by atoms with E-state index in [1.165, 1.54) is 18.4 Å². The Morgan fingerprint density at radius 2 is 2.13 bits per heavy atom. The van der Waals surface area contributed by atoms with E-state index in [0.29, 0.717) is 18.3 Å². The second-order valence-corrected chi connectivity index (χ2v) is 5.91. The van der Waals surface area contributed by atoms with E-state index in [1.807, 2.05) is 18.5 Å². The van der Waals surface area contributed by atoms with Gasteiger partial charge in [0.05, 0.1) is 18.8 Å². The molecule has 1 unspecified atom stereocenters. The number of pyridine rings is 2. The molecule has 6 nitrogen and oxygen atoms in total. The van der Waals surface area contributed by atoms with Gasteiger partial charge in [0.15, 0.2) is 0 Å². The summed E-state index contributed by atoms with van der Waals surface area (Å²) < 4.78 is 5.18. The van der Waals surface area contributed by atoms with Crippen LogP contribution >= 0.6 is 0 Å². The van der Waals surface area contributed by atoms with Gasteiger partial charge in [-0.3, -0.25) is 9.88 Å². The Bertz CT molecular complexity index is 745. The number of carbonyl (C=O) groups excluding carboxylic acids is 1. The molecule has 0 aromatic carbocycles. The predicted octanol–water partition coefficient (Wildman–Crippen LogP) is 2.63. The number of hydrogen-bond acceptors (Lipinski definition) is 4. The summed E-state index contributed by atoms with van der Waals surface area (Å²) in [4.78, 5) is 22.6. The first-order valence-corrected chi connectivity index (χ1v) is 7.79. The van der Waals surface area contributed by atoms with Crippen LogP contribution in [-0.2, 0) is 0 Å². The van der Waals surface area contributed by atoms with Crippen LogP contribution < -0.4 is 15.0 Å². The van der Waals surface area contributed by atoms with Crippen molar-refractivity contribution >= 4 is 11.7 Å². The summed E-state index contributed by atoms with van der Waals surface area (Å²) in [5.74, 6) is 1.10. The van der Waals surface area contributed by atoms with Crippen LogP contribution in [0.15, 0.2) is 36.8 Å². The van der Waals surface area contributed by atoms with Crippen LogP contribution in [0.1, 0.15) is 35.9 Å². The Morgan fingerprint density at radius 3 is 2.91 bits per heavy atom. The van der Waals surface area contributed by atoms with Gasteiger partial charge < -0.3 is 10.1 Å². The third kappa shape index (κ3) is 2.50. The summed E-state index contributed by atoms with van der Waals surface area (Å²) in [5.41, 5.74) is 3.22. The zero-order valence-corrected chi connectivity index (χ0v) is 12.9. The number of hydrogen-bond donors (Lipinski definition) is 1. The quantitative estimate of drug-likeness (QED) is 0.942. The molecule has 1 aliphatic carbocycles. The Morgan fingerprint density at radius 1 is 1.26 bits per heavy atom. The normalized spacial score (nSPS) is 20.5. The number of rotatable bonds is 4. The molecule has 2 aromatic rings. The predicted molar refractivity (Wildman–Crippen MR) is 85.6 cm³/mol. The van der Waals surface area contributed by atoms with Crippen LogP contribution in [0.5, 0.6) is 5.88 Å². The first kappa shape index (κ1) is 14.0. The fraction of sp³-hybridized carbons (Fsp3) is 0.353. The van der Waals surface area contributed by atoms with Gasteiger partial charge in [-0.25, -0.2) is 9.78 Å². The molecule has 3 heterocycles. The van der Waals surface area contributed by atoms with Crippen LogP contribution in [0.2, 0.25) is 0 Å². The minimum Gasteiger partial charge on any atom is -0.481 e. The zero-order chi connectivity index (χ0) is 15.8. The maximum atomic E-state index is 12.4. The van der Waals surface area contributed by atoms with Gasteiger partial charge in [0.25, 0.3) is 0 Å². The molecule has 2 fully saturated rings. The molecule has 0 spiro atoms. The number of anilines is 1. The molecule has 4 rings (SSSR count). The molecular weight excluding hydrogens is 292 g/mol. The van der Waals surface area contributed by atoms with E-state index in [2.05, 4.69) is 21.4 Å². The molecule has 0 bridgehead atoms. The van der Waals surface area contributed by atoms with E-state index in [9.17, 15) is 4.79 Å². The van der Waals surface area contributed by atoms with Crippen LogP contribution in [0.3, 0.4) is 0 Å². The van der Waals surface area contributed by atoms with Crippen LogP contribution in [0.25, 0.3) is 0 Å². The van der Waals surface area contributed by atoms with E-state index < -0.39 is 0 Å². The minimum atomic E-state index is -0.103. The number of methoxy groups -OCH3 is 1. The summed E-state index contributed by atoms with van der Waals surface area (Å²) in [7, 11) is 1.57. The molecule has 1 N–H and O–H groups in total. The van der Waals surface area contributed by atoms with Gasteiger partial charge in [-0.1, -0.05) is 0 Å². The van der Waals surface area contributed by atoms with Gasteiger partial charge in [-0.2, -0.15) is 0 Å². The molecule has 1 saturated carbocycles. The van der Waals surface area contributed by atoms with E-state index in [0.717, 1.165) is 11.3 Å². The van der Waals surface area contributed by atoms with Crippen molar-refractivity contribution in [3.05, 3.63) is 47.9 Å². The molecule has 23 heavy (non-hydrogen) atoms. The lowest BCUT2D eigenvalue weighted by Gasteiger charge is -2.25. The van der Waals surface area contributed by atoms with Crippen LogP contribution in [-0.4, -0.2) is 29.7 Å². The van der Waals surface area contributed by atoms with Gasteiger partial charge in [0, 0.05) is 31.2 Å². The lowest BCUT2D eigenvalue weighted by atomic mass is 9.99. The minimum absolute atomic E-state index is 0.0566. The van der Waals surface area contributed by atoms with E-state index in [1.54, 1.807) is 24.3 Å². The number of ether oxygens (including phenoxy) is 1. The van der Waals surface area contributed by atoms with Crippen molar-refractivity contribution in [3.8, 4) is 5.88 Å². The monoisotopic (exact) mass is 310 g/mol. The molecule has 2 aliphatic rings. The van der Waals surface area contributed by atoms with Crippen molar-refractivity contribution in [2.75, 3.05) is 18.6 Å². The molecule has 1 atom stereocenters. The maximum Gasteiger partial charge on any atom is 0.322 e. The lowest BCUT2D eigenvalue weighted by Crippen LogP contribution is -2.30. The average molecular weight is 310 g/mol. The third-order valence-corrected chi connectivity index (χ3v) is 4.45. The number of urea groups is 1. The third-order valence-electron chi connectivity index (χ3n) is 4.45. The Labute approximate surface area is 134 Å². The summed E-state index contributed by atoms with van der Waals surface area (Å²) in [6.45, 7) is 0.578. The number of carbonyl (C=O) groups is 1. The van der Waals surface area contributed by atoms with Crippen molar-refractivity contribution in [3.63, 3.8) is 0 Å². The molecule has 2 amide bonds. The summed E-state index contributed by atoms with van der Waals surface area (Å²) >= 11 is 0. The molecule has 1 aliphatic heterocycles. The van der Waals surface area contributed by atoms with Crippen molar-refractivity contribution in [1.29, 1.82) is 0 Å². The molecule has 6 heteroatoms. The van der Waals surface area contributed by atoms with Gasteiger partial charge in [-0.15, -0.1) is 0 Å². The summed E-state index contributed by atoms with van der Waals surface area (Å²) in [5, 5.41) is 2.94. The topological polar surface area (TPSA) is 67.3 Å². The highest BCUT2D eigenvalue weighted by molar-refractivity contribution is 5.95. The zero-order valence-electron chi connectivity index (χ0n) is 12.9. The van der Waals surface area contributed by atoms with Gasteiger partial charge >= 0.3 is 6.03 Å². The van der Waals surface area contributed by atoms with Gasteiger partial charge in [0.2, 0.25) is 5.88 Å². The molecule has 1 saturated heterocycles. The Balaban J connectivity index is 1.74. The van der Waals surface area contributed by atoms with Gasteiger partial charge in [-0.05, 0) is 42.0 Å². The second-order valence-electron chi connectivity index (χ2n) is 5.91. The Hall–Kier alpha value is -2.63. The number of amides is 2. The fourth-order valence-electron chi connectivity index (χ4n) is 3.17. The molecule has 2 aromatic heterocycles. The van der Waals surface area contributed by atoms with Gasteiger partial charge in [0.1, 0.15) is 0 Å². The largest absolute Gasteiger partial charge is 0.481 e. The summed E-state index contributed by atoms with van der Waals surface area (Å²) in [6, 6.07) is 5.53. The van der Waals surface area contributed by atoms with Crippen molar-refractivity contribution < 1.29 is 9.53 Å². The second kappa shape index (κ2) is 5.53. The van der Waals surface area contributed by atoms with Crippen molar-refractivity contribution in [1.82, 2.24) is 15.3 Å². The maximum absolute atomic E-state index is 12.4. The van der Waals surface area contributed by atoms with Crippen molar-refractivity contribution in [2.24, 2.45) is 0 Å². The van der Waals surface area contributed by atoms with E-state index >= 15 is 0 Å². The smallest absolute Gasteiger partial charge is 0.322 e. The molecule has 118 valence electrons. The highest BCUT2D eigenvalue weighted by Gasteiger charge is 2.37. The first-order valence-electron chi connectivity index (χ1n) is 7.79. The van der Waals surface area contributed by atoms with Crippen molar-refractivity contribution in [2.45, 2.75) is 24.8 Å². The van der Waals surface area contributed by atoms with E-state index in [4.69, 9.17) is 4.74 Å². The summed E-state index contributed by atoms with van der Waals surface area (Å²) in [6.07, 6.45) is 7.81. The van der Waals surface area contributed by atoms with E-state index in [-0.39, 0.29) is 12.1 Å². The SMILES string of the molecule is COc1cc(N2C(=O)NCC2c2cnccc2C2CC2)ccn1. The Kier molecular flexibility index (Phi) is 3.37. The lowest BCUT2D eigenvalue weighted by molar-refractivity contribution is 0.251. The molecular formula is C17H18N4O2. The number of nitrogens with zero attached hydrogens (tertiary/aromatic N) is 3. The molecule has 0 radical (unpaired) electrons. The standard InChI is InChI=1S/C17H18N4O2/c1-23-16-8-12(4-7-19-16)21-15(10-20-17(21)22)14-9-18-6-5-13(14)11-2-3-11/h4-9,11,15H,2-3,10H2,1H3,(H,20,22). The highest BCUT2D eigenvalue weighted by atomic mass is 16.5. The number of aromatic nitrogens is 2. The average Bonchev–Trinajstić information content (AvgIpc) is 3.37. The first-order chi connectivity index (χ1) is 11.3. The highest BCUT2D eigenvalue weighted by Crippen LogP contribution is 2.44. The van der Waals surface area contributed by atoms with Crippen LogP contribution in [0, 0.1) is 0 Å².